The van der Waals surface area contributed by atoms with Gasteiger partial charge >= 0.3 is 0 Å². The summed E-state index contributed by atoms with van der Waals surface area (Å²) in [4.78, 5) is 2.40. The molecule has 2 nitrogen and oxygen atoms in total. The maximum atomic E-state index is 3.48. The molecule has 1 aliphatic carbocycles. The highest BCUT2D eigenvalue weighted by Gasteiger charge is 2.39. The van der Waals surface area contributed by atoms with Gasteiger partial charge in [-0.1, -0.05) is 0 Å². The molecule has 11 heavy (non-hydrogen) atoms. The van der Waals surface area contributed by atoms with Crippen LogP contribution in [-0.4, -0.2) is 38.1 Å². The second-order valence-electron chi connectivity index (χ2n) is 4.19. The number of rotatable bonds is 1. The summed E-state index contributed by atoms with van der Waals surface area (Å²) in [6.45, 7) is 2.53. The molecule has 1 N–H and O–H groups in total. The van der Waals surface area contributed by atoms with E-state index in [1.807, 2.05) is 0 Å². The Bertz CT molecular complexity index is 144. The topological polar surface area (TPSA) is 15.3 Å². The number of fused-ring (bicyclic) bond motifs is 1. The number of nitrogens with zero attached hydrogens (tertiary/aromatic N) is 1. The molecule has 2 aliphatic rings. The first-order chi connectivity index (χ1) is 5.29. The van der Waals surface area contributed by atoms with Gasteiger partial charge in [0.1, 0.15) is 0 Å². The van der Waals surface area contributed by atoms with Gasteiger partial charge in [-0.15, -0.1) is 0 Å². The maximum Gasteiger partial charge on any atom is 0.0133 e. The average molecular weight is 154 g/mol. The van der Waals surface area contributed by atoms with E-state index in [9.17, 15) is 0 Å². The van der Waals surface area contributed by atoms with E-state index in [0.29, 0.717) is 0 Å². The number of hydrogen-bond donors (Lipinski definition) is 1. The van der Waals surface area contributed by atoms with Crippen molar-refractivity contribution >= 4 is 0 Å². The molecule has 0 amide bonds. The lowest BCUT2D eigenvalue weighted by Gasteiger charge is -2.24. The fourth-order valence-electron chi connectivity index (χ4n) is 2.76. The smallest absolute Gasteiger partial charge is 0.0133 e. The summed E-state index contributed by atoms with van der Waals surface area (Å²) in [6, 6.07) is 0.856. The van der Waals surface area contributed by atoms with Gasteiger partial charge in [0, 0.05) is 6.04 Å². The molecule has 1 saturated heterocycles. The molecule has 0 spiro atoms. The van der Waals surface area contributed by atoms with Crippen LogP contribution < -0.4 is 5.32 Å². The summed E-state index contributed by atoms with van der Waals surface area (Å²) in [5, 5.41) is 3.48. The molecule has 3 atom stereocenters. The summed E-state index contributed by atoms with van der Waals surface area (Å²) in [7, 11) is 4.43. The van der Waals surface area contributed by atoms with E-state index >= 15 is 0 Å². The van der Waals surface area contributed by atoms with Crippen molar-refractivity contribution in [2.45, 2.75) is 18.9 Å². The van der Waals surface area contributed by atoms with Crippen molar-refractivity contribution in [2.24, 2.45) is 11.8 Å². The minimum atomic E-state index is 0.856. The van der Waals surface area contributed by atoms with Crippen molar-refractivity contribution in [2.75, 3.05) is 27.2 Å². The third-order valence-electron chi connectivity index (χ3n) is 3.38. The fourth-order valence-corrected chi connectivity index (χ4v) is 2.76. The van der Waals surface area contributed by atoms with Crippen LogP contribution in [0.1, 0.15) is 12.8 Å². The second-order valence-corrected chi connectivity index (χ2v) is 4.19. The molecule has 0 radical (unpaired) electrons. The Morgan fingerprint density at radius 3 is 2.73 bits per heavy atom. The molecule has 1 heterocycles. The second kappa shape index (κ2) is 2.76. The molecule has 2 fully saturated rings. The van der Waals surface area contributed by atoms with Crippen molar-refractivity contribution in [1.29, 1.82) is 0 Å². The predicted octanol–water partition coefficient (Wildman–Crippen LogP) is 0.546. The minimum Gasteiger partial charge on any atom is -0.316 e. The van der Waals surface area contributed by atoms with Crippen molar-refractivity contribution < 1.29 is 0 Å². The molecule has 0 aromatic carbocycles. The van der Waals surface area contributed by atoms with Crippen LogP contribution in [0.25, 0.3) is 0 Å². The Balaban J connectivity index is 2.03. The van der Waals surface area contributed by atoms with Crippen LogP contribution in [0.3, 0.4) is 0 Å². The van der Waals surface area contributed by atoms with Gasteiger partial charge in [-0.05, 0) is 51.9 Å². The lowest BCUT2D eigenvalue weighted by atomic mass is 9.97. The first-order valence-corrected chi connectivity index (χ1v) is 4.66. The highest BCUT2D eigenvalue weighted by Crippen LogP contribution is 2.36. The molecule has 2 heteroatoms. The zero-order chi connectivity index (χ0) is 7.84. The molecule has 64 valence electrons. The minimum absolute atomic E-state index is 0.856. The third-order valence-corrected chi connectivity index (χ3v) is 3.38. The molecule has 2 rings (SSSR count). The summed E-state index contributed by atoms with van der Waals surface area (Å²) < 4.78 is 0. The van der Waals surface area contributed by atoms with Gasteiger partial charge in [-0.25, -0.2) is 0 Å². The van der Waals surface area contributed by atoms with E-state index in [-0.39, 0.29) is 0 Å². The van der Waals surface area contributed by atoms with Gasteiger partial charge in [0.25, 0.3) is 0 Å². The molecule has 1 aliphatic heterocycles. The Morgan fingerprint density at radius 1 is 1.18 bits per heavy atom. The SMILES string of the molecule is CN(C)[C@H]1CC[C@@H]2CNC[C@@H]21. The standard InChI is InChI=1S/C9H18N2/c1-11(2)9-4-3-7-5-10-6-8(7)9/h7-10H,3-6H2,1-2H3/t7-,8+,9+/m1/s1. The monoisotopic (exact) mass is 154 g/mol. The van der Waals surface area contributed by atoms with Gasteiger partial charge < -0.3 is 10.2 Å². The zero-order valence-electron chi connectivity index (χ0n) is 7.51. The van der Waals surface area contributed by atoms with Crippen LogP contribution in [0.4, 0.5) is 0 Å². The highest BCUT2D eigenvalue weighted by atomic mass is 15.1. The van der Waals surface area contributed by atoms with Gasteiger partial charge in [0.05, 0.1) is 0 Å². The van der Waals surface area contributed by atoms with E-state index in [0.717, 1.165) is 17.9 Å². The molecule has 0 aromatic rings. The number of hydrogen-bond acceptors (Lipinski definition) is 2. The number of nitrogens with one attached hydrogen (secondary N) is 1. The van der Waals surface area contributed by atoms with Crippen LogP contribution in [0, 0.1) is 11.8 Å². The van der Waals surface area contributed by atoms with Crippen LogP contribution in [-0.2, 0) is 0 Å². The zero-order valence-corrected chi connectivity index (χ0v) is 7.51. The van der Waals surface area contributed by atoms with Crippen LogP contribution in [0.15, 0.2) is 0 Å². The molecular formula is C9H18N2. The Morgan fingerprint density at radius 2 is 2.00 bits per heavy atom. The Kier molecular flexibility index (Phi) is 1.90. The molecular weight excluding hydrogens is 136 g/mol. The van der Waals surface area contributed by atoms with Gasteiger partial charge in [0.2, 0.25) is 0 Å². The maximum absolute atomic E-state index is 3.48. The van der Waals surface area contributed by atoms with E-state index in [4.69, 9.17) is 0 Å². The molecule has 0 aromatic heterocycles. The summed E-state index contributed by atoms with van der Waals surface area (Å²) in [6.07, 6.45) is 2.87. The van der Waals surface area contributed by atoms with Crippen LogP contribution in [0.5, 0.6) is 0 Å². The predicted molar refractivity (Wildman–Crippen MR) is 46.6 cm³/mol. The van der Waals surface area contributed by atoms with E-state index in [1.165, 1.54) is 25.9 Å². The van der Waals surface area contributed by atoms with Gasteiger partial charge in [-0.2, -0.15) is 0 Å². The molecule has 0 bridgehead atoms. The largest absolute Gasteiger partial charge is 0.316 e. The van der Waals surface area contributed by atoms with Crippen molar-refractivity contribution in [3.8, 4) is 0 Å². The third kappa shape index (κ3) is 1.18. The first-order valence-electron chi connectivity index (χ1n) is 4.66. The lowest BCUT2D eigenvalue weighted by molar-refractivity contribution is 0.236. The Hall–Kier alpha value is -0.0800. The van der Waals surface area contributed by atoms with E-state index < -0.39 is 0 Å². The van der Waals surface area contributed by atoms with Crippen molar-refractivity contribution in [1.82, 2.24) is 10.2 Å². The van der Waals surface area contributed by atoms with Crippen molar-refractivity contribution in [3.63, 3.8) is 0 Å². The summed E-state index contributed by atoms with van der Waals surface area (Å²) in [5.74, 6) is 1.94. The van der Waals surface area contributed by atoms with Crippen molar-refractivity contribution in [3.05, 3.63) is 0 Å². The summed E-state index contributed by atoms with van der Waals surface area (Å²) >= 11 is 0. The molecule has 1 saturated carbocycles. The normalized spacial score (nSPS) is 43.4. The first kappa shape index (κ1) is 7.56. The summed E-state index contributed by atoms with van der Waals surface area (Å²) in [5.41, 5.74) is 0. The van der Waals surface area contributed by atoms with E-state index in [2.05, 4.69) is 24.3 Å². The molecule has 0 unspecified atom stereocenters. The Labute approximate surface area is 69.0 Å². The quantitative estimate of drug-likeness (QED) is 0.593. The van der Waals surface area contributed by atoms with Gasteiger partial charge in [0.15, 0.2) is 0 Å². The van der Waals surface area contributed by atoms with Crippen LogP contribution in [0.2, 0.25) is 0 Å². The van der Waals surface area contributed by atoms with E-state index in [1.54, 1.807) is 0 Å². The van der Waals surface area contributed by atoms with Crippen LogP contribution >= 0.6 is 0 Å². The van der Waals surface area contributed by atoms with Gasteiger partial charge in [-0.3, -0.25) is 0 Å². The highest BCUT2D eigenvalue weighted by molar-refractivity contribution is 4.95. The lowest BCUT2D eigenvalue weighted by Crippen LogP contribution is -2.34. The fraction of sp³-hybridized carbons (Fsp3) is 1.00. The average Bonchev–Trinajstić information content (AvgIpc) is 2.41.